The van der Waals surface area contributed by atoms with Crippen LogP contribution >= 0.6 is 12.2 Å². The molecule has 1 aromatic rings. The summed E-state index contributed by atoms with van der Waals surface area (Å²) in [6.45, 7) is 0. The van der Waals surface area contributed by atoms with Crippen molar-refractivity contribution in [2.24, 2.45) is 0 Å². The van der Waals surface area contributed by atoms with Gasteiger partial charge in [0.05, 0.1) is 0 Å². The molecule has 0 amide bonds. The van der Waals surface area contributed by atoms with Gasteiger partial charge in [0.25, 0.3) is 0 Å². The Bertz CT molecular complexity index is 413. The van der Waals surface area contributed by atoms with Gasteiger partial charge in [-0.15, -0.1) is 5.10 Å². The molecular formula is C10H16N4S. The van der Waals surface area contributed by atoms with E-state index in [-0.39, 0.29) is 0 Å². The van der Waals surface area contributed by atoms with E-state index >= 15 is 0 Å². The average molecular weight is 224 g/mol. The van der Waals surface area contributed by atoms with E-state index in [0.717, 1.165) is 10.7 Å². The third-order valence-electron chi connectivity index (χ3n) is 3.54. The summed E-state index contributed by atoms with van der Waals surface area (Å²) in [6.07, 6.45) is 6.43. The third kappa shape index (κ3) is 1.49. The molecule has 2 fully saturated rings. The van der Waals surface area contributed by atoms with Crippen LogP contribution in [0.2, 0.25) is 0 Å². The smallest absolute Gasteiger partial charge is 0.225 e. The number of aromatic amines is 1. The highest BCUT2D eigenvalue weighted by Gasteiger charge is 2.31. The van der Waals surface area contributed by atoms with Gasteiger partial charge in [0.1, 0.15) is 0 Å². The number of nitrogens with one attached hydrogen (secondary N) is 1. The van der Waals surface area contributed by atoms with Crippen LogP contribution in [-0.4, -0.2) is 27.9 Å². The Labute approximate surface area is 94.3 Å². The van der Waals surface area contributed by atoms with Crippen LogP contribution in [0.3, 0.4) is 0 Å². The Kier molecular flexibility index (Phi) is 2.09. The van der Waals surface area contributed by atoms with Crippen molar-refractivity contribution in [3.8, 4) is 0 Å². The van der Waals surface area contributed by atoms with Crippen molar-refractivity contribution in [1.82, 2.24) is 14.8 Å². The minimum Gasteiger partial charge on any atom is -0.341 e. The van der Waals surface area contributed by atoms with Gasteiger partial charge in [-0.3, -0.25) is 4.57 Å². The third-order valence-corrected chi connectivity index (χ3v) is 3.82. The number of anilines is 1. The largest absolute Gasteiger partial charge is 0.341 e. The molecule has 82 valence electrons. The lowest BCUT2D eigenvalue weighted by Crippen LogP contribution is -2.38. The lowest BCUT2D eigenvalue weighted by molar-refractivity contribution is 0.393. The van der Waals surface area contributed by atoms with E-state index in [9.17, 15) is 0 Å². The molecule has 2 saturated carbocycles. The zero-order chi connectivity index (χ0) is 10.4. The van der Waals surface area contributed by atoms with E-state index in [1.54, 1.807) is 0 Å². The van der Waals surface area contributed by atoms with Gasteiger partial charge < -0.3 is 4.90 Å². The predicted octanol–water partition coefficient (Wildman–Crippen LogP) is 2.26. The summed E-state index contributed by atoms with van der Waals surface area (Å²) in [5, 5.41) is 7.27. The van der Waals surface area contributed by atoms with Crippen molar-refractivity contribution in [3.05, 3.63) is 4.77 Å². The number of aromatic nitrogens is 3. The highest BCUT2D eigenvalue weighted by atomic mass is 32.1. The van der Waals surface area contributed by atoms with Crippen LogP contribution in [-0.2, 0) is 0 Å². The normalized spacial score (nSPS) is 21.4. The van der Waals surface area contributed by atoms with Crippen LogP contribution in [0, 0.1) is 4.77 Å². The minimum atomic E-state index is 0.605. The van der Waals surface area contributed by atoms with Crippen LogP contribution in [0.25, 0.3) is 0 Å². The molecule has 1 aromatic heterocycles. The summed E-state index contributed by atoms with van der Waals surface area (Å²) in [5.74, 6) is 1.03. The highest BCUT2D eigenvalue weighted by Crippen LogP contribution is 2.38. The second-order valence-electron chi connectivity index (χ2n) is 4.63. The van der Waals surface area contributed by atoms with E-state index in [1.165, 1.54) is 32.1 Å². The fraction of sp³-hybridized carbons (Fsp3) is 0.800. The average Bonchev–Trinajstić information content (AvgIpc) is 2.87. The van der Waals surface area contributed by atoms with Crippen molar-refractivity contribution in [3.63, 3.8) is 0 Å². The molecule has 0 aromatic carbocycles. The number of rotatable bonds is 3. The Morgan fingerprint density at radius 1 is 1.40 bits per heavy atom. The standard InChI is InChI=1S/C10H16N4S/c1-13(7-3-2-4-7)9-11-12-10(15)14(9)8-5-6-8/h7-8H,2-6H2,1H3,(H,12,15). The number of nitrogens with zero attached hydrogens (tertiary/aromatic N) is 3. The fourth-order valence-electron chi connectivity index (χ4n) is 2.14. The van der Waals surface area contributed by atoms with Crippen molar-refractivity contribution in [2.75, 3.05) is 11.9 Å². The molecule has 0 saturated heterocycles. The molecule has 5 heteroatoms. The first-order valence-electron chi connectivity index (χ1n) is 5.67. The summed E-state index contributed by atoms with van der Waals surface area (Å²) in [6, 6.07) is 1.28. The molecule has 0 aliphatic heterocycles. The summed E-state index contributed by atoms with van der Waals surface area (Å²) in [5.41, 5.74) is 0. The van der Waals surface area contributed by atoms with Gasteiger partial charge in [0, 0.05) is 19.1 Å². The van der Waals surface area contributed by atoms with E-state index in [0.29, 0.717) is 12.1 Å². The molecule has 4 nitrogen and oxygen atoms in total. The molecule has 0 unspecified atom stereocenters. The van der Waals surface area contributed by atoms with Gasteiger partial charge in [-0.25, -0.2) is 5.10 Å². The van der Waals surface area contributed by atoms with Gasteiger partial charge in [0.2, 0.25) is 5.95 Å². The quantitative estimate of drug-likeness (QED) is 0.800. The summed E-state index contributed by atoms with van der Waals surface area (Å²) >= 11 is 5.27. The Hall–Kier alpha value is -0.840. The molecule has 2 aliphatic rings. The zero-order valence-electron chi connectivity index (χ0n) is 8.94. The molecule has 1 heterocycles. The van der Waals surface area contributed by atoms with Gasteiger partial charge in [0.15, 0.2) is 4.77 Å². The summed E-state index contributed by atoms with van der Waals surface area (Å²) < 4.78 is 2.96. The van der Waals surface area contributed by atoms with Gasteiger partial charge in [-0.1, -0.05) is 0 Å². The van der Waals surface area contributed by atoms with Crippen LogP contribution in [0.15, 0.2) is 0 Å². The Morgan fingerprint density at radius 3 is 2.67 bits per heavy atom. The molecule has 0 atom stereocenters. The molecular weight excluding hydrogens is 208 g/mol. The van der Waals surface area contributed by atoms with E-state index in [2.05, 4.69) is 26.7 Å². The Morgan fingerprint density at radius 2 is 2.13 bits per heavy atom. The van der Waals surface area contributed by atoms with Crippen molar-refractivity contribution in [2.45, 2.75) is 44.2 Å². The predicted molar refractivity (Wildman–Crippen MR) is 61.7 cm³/mol. The van der Waals surface area contributed by atoms with E-state index in [1.807, 2.05) is 0 Å². The van der Waals surface area contributed by atoms with E-state index < -0.39 is 0 Å². The van der Waals surface area contributed by atoms with Gasteiger partial charge in [-0.05, 0) is 44.3 Å². The molecule has 1 N–H and O–H groups in total. The maximum Gasteiger partial charge on any atom is 0.225 e. The van der Waals surface area contributed by atoms with Gasteiger partial charge in [-0.2, -0.15) is 0 Å². The lowest BCUT2D eigenvalue weighted by atomic mass is 9.92. The minimum absolute atomic E-state index is 0.605. The van der Waals surface area contributed by atoms with Crippen LogP contribution in [0.5, 0.6) is 0 Å². The first-order chi connectivity index (χ1) is 7.27. The number of hydrogen-bond donors (Lipinski definition) is 1. The molecule has 0 radical (unpaired) electrons. The van der Waals surface area contributed by atoms with E-state index in [4.69, 9.17) is 12.2 Å². The zero-order valence-corrected chi connectivity index (χ0v) is 9.76. The second-order valence-corrected chi connectivity index (χ2v) is 5.01. The fourth-order valence-corrected chi connectivity index (χ4v) is 2.42. The van der Waals surface area contributed by atoms with Crippen molar-refractivity contribution < 1.29 is 0 Å². The molecule has 0 bridgehead atoms. The SMILES string of the molecule is CN(c1n[nH]c(=S)n1C1CC1)C1CCC1. The number of H-pyrrole nitrogens is 1. The lowest BCUT2D eigenvalue weighted by Gasteiger charge is -2.35. The maximum absolute atomic E-state index is 5.27. The Balaban J connectivity index is 1.92. The molecule has 2 aliphatic carbocycles. The van der Waals surface area contributed by atoms with Crippen LogP contribution in [0.1, 0.15) is 38.1 Å². The van der Waals surface area contributed by atoms with Crippen molar-refractivity contribution >= 4 is 18.2 Å². The first kappa shape index (κ1) is 9.39. The second kappa shape index (κ2) is 3.33. The maximum atomic E-state index is 5.27. The van der Waals surface area contributed by atoms with Gasteiger partial charge >= 0.3 is 0 Å². The topological polar surface area (TPSA) is 36.9 Å². The van der Waals surface area contributed by atoms with Crippen LogP contribution < -0.4 is 4.90 Å². The number of hydrogen-bond acceptors (Lipinski definition) is 3. The van der Waals surface area contributed by atoms with Crippen LogP contribution in [0.4, 0.5) is 5.95 Å². The summed E-state index contributed by atoms with van der Waals surface area (Å²) in [7, 11) is 2.13. The summed E-state index contributed by atoms with van der Waals surface area (Å²) in [4.78, 5) is 2.29. The molecule has 0 spiro atoms. The highest BCUT2D eigenvalue weighted by molar-refractivity contribution is 7.71. The first-order valence-corrected chi connectivity index (χ1v) is 6.08. The molecule has 15 heavy (non-hydrogen) atoms. The monoisotopic (exact) mass is 224 g/mol. The molecule has 3 rings (SSSR count). The van der Waals surface area contributed by atoms with Crippen molar-refractivity contribution in [1.29, 1.82) is 0 Å².